The second kappa shape index (κ2) is 16.0. The summed E-state index contributed by atoms with van der Waals surface area (Å²) in [5.74, 6) is -0.118. The number of aliphatic imine (C=N–C) groups is 2. The smallest absolute Gasteiger partial charge is 0.261 e. The Hall–Kier alpha value is -7.06. The molecule has 316 valence electrons. The van der Waals surface area contributed by atoms with Crippen molar-refractivity contribution in [1.29, 1.82) is 0 Å². The van der Waals surface area contributed by atoms with E-state index in [1.807, 2.05) is 135 Å². The lowest BCUT2D eigenvalue weighted by Gasteiger charge is -2.20. The van der Waals surface area contributed by atoms with Crippen LogP contribution < -0.4 is 27.1 Å². The summed E-state index contributed by atoms with van der Waals surface area (Å²) >= 11 is 0. The number of benzene rings is 6. The van der Waals surface area contributed by atoms with Crippen LogP contribution in [-0.2, 0) is 13.1 Å². The summed E-state index contributed by atoms with van der Waals surface area (Å²) in [4.78, 5) is 51.9. The van der Waals surface area contributed by atoms with E-state index in [4.69, 9.17) is 20.0 Å². The Morgan fingerprint density at radius 1 is 0.540 bits per heavy atom. The van der Waals surface area contributed by atoms with E-state index in [1.165, 1.54) is 9.13 Å². The van der Waals surface area contributed by atoms with Crippen molar-refractivity contribution in [3.05, 3.63) is 151 Å². The van der Waals surface area contributed by atoms with Crippen LogP contribution in [-0.4, -0.2) is 108 Å². The number of para-hydroxylation sites is 2. The maximum Gasteiger partial charge on any atom is 0.261 e. The number of hydrogen-bond acceptors (Lipinski definition) is 11. The highest BCUT2D eigenvalue weighted by Gasteiger charge is 2.26. The summed E-state index contributed by atoms with van der Waals surface area (Å²) in [5, 5.41) is 33.5. The average molecular weight is 838 g/mol. The van der Waals surface area contributed by atoms with Gasteiger partial charge < -0.3 is 25.3 Å². The molecule has 3 N–H and O–H groups in total. The van der Waals surface area contributed by atoms with Crippen molar-refractivity contribution in [3.8, 4) is 11.8 Å². The summed E-state index contributed by atoms with van der Waals surface area (Å²) in [7, 11) is 7.76. The molecule has 0 saturated carbocycles. The molecule has 0 aliphatic carbocycles. The second-order valence-corrected chi connectivity index (χ2v) is 16.7. The predicted octanol–water partition coefficient (Wildman–Crippen LogP) is 5.09. The first-order chi connectivity index (χ1) is 30.6. The molecule has 10 rings (SSSR count). The summed E-state index contributed by atoms with van der Waals surface area (Å²) < 4.78 is 2.92. The molecule has 13 heteroatoms. The lowest BCUT2D eigenvalue weighted by Crippen LogP contribution is -2.28. The van der Waals surface area contributed by atoms with Gasteiger partial charge in [-0.05, 0) is 64.6 Å². The highest BCUT2D eigenvalue weighted by molar-refractivity contribution is 6.23. The zero-order chi connectivity index (χ0) is 43.5. The lowest BCUT2D eigenvalue weighted by atomic mass is 9.91. The third-order valence-electron chi connectivity index (χ3n) is 12.2. The van der Waals surface area contributed by atoms with E-state index >= 15 is 0 Å². The van der Waals surface area contributed by atoms with E-state index in [2.05, 4.69) is 5.32 Å². The fourth-order valence-corrected chi connectivity index (χ4v) is 9.07. The Kier molecular flexibility index (Phi) is 10.2. The van der Waals surface area contributed by atoms with Crippen molar-refractivity contribution in [3.63, 3.8) is 0 Å². The molecule has 0 saturated heterocycles. The minimum absolute atomic E-state index is 0.0591. The highest BCUT2D eigenvalue weighted by Crippen LogP contribution is 2.36. The van der Waals surface area contributed by atoms with Gasteiger partial charge in [0.1, 0.15) is 0 Å². The van der Waals surface area contributed by atoms with Crippen LogP contribution in [0.5, 0.6) is 11.8 Å². The molecule has 2 aliphatic heterocycles. The molecule has 0 spiro atoms. The van der Waals surface area contributed by atoms with Gasteiger partial charge in [-0.15, -0.1) is 0 Å². The maximum absolute atomic E-state index is 13.7. The van der Waals surface area contributed by atoms with Crippen molar-refractivity contribution in [2.75, 3.05) is 67.5 Å². The number of aromatic hydroxyl groups is 2. The number of pyridine rings is 2. The third-order valence-corrected chi connectivity index (χ3v) is 12.2. The maximum atomic E-state index is 13.7. The molecule has 2 aromatic heterocycles. The van der Waals surface area contributed by atoms with Crippen LogP contribution in [0.15, 0.2) is 127 Å². The van der Waals surface area contributed by atoms with Gasteiger partial charge in [-0.3, -0.25) is 28.7 Å². The van der Waals surface area contributed by atoms with Crippen LogP contribution in [0.25, 0.3) is 43.1 Å². The monoisotopic (exact) mass is 837 g/mol. The number of likely N-dealkylation sites (N-methyl/N-ethyl adjacent to an activating group) is 2. The Bertz CT molecular complexity index is 3250. The second-order valence-electron chi connectivity index (χ2n) is 16.7. The standard InChI is InChI=1S/C50H47N9O4/c1-56(2)23-25-58-47(60)33-15-9-13-31-41(33)35(49(58)62)27-37-43(29-11-5-7-17-39(29)54-45(31)37)52-21-19-51-20-22-53-44-30-12-6-8-18-40(30)55-46-32-14-10-16-34-42(32)36(28-38(44)46)50(63)59(48(34)61)26-24-57(3)4/h5-18,27-28,51,62-63H,19-26H2,1-4H3. The van der Waals surface area contributed by atoms with Crippen molar-refractivity contribution < 1.29 is 10.2 Å². The van der Waals surface area contributed by atoms with Gasteiger partial charge in [0.05, 0.1) is 46.6 Å². The van der Waals surface area contributed by atoms with Gasteiger partial charge in [0.25, 0.3) is 11.1 Å². The number of rotatable bonds is 12. The molecule has 0 amide bonds. The van der Waals surface area contributed by atoms with Crippen molar-refractivity contribution in [2.24, 2.45) is 20.0 Å². The number of fused-ring (bicyclic) bond motifs is 6. The molecule has 0 atom stereocenters. The fourth-order valence-electron chi connectivity index (χ4n) is 9.07. The number of nitrogens with one attached hydrogen (secondary N) is 1. The van der Waals surface area contributed by atoms with Crippen LogP contribution in [0.4, 0.5) is 11.4 Å². The van der Waals surface area contributed by atoms with Crippen LogP contribution in [0, 0.1) is 0 Å². The van der Waals surface area contributed by atoms with Crippen LogP contribution in [0.1, 0.15) is 22.3 Å². The van der Waals surface area contributed by atoms with Gasteiger partial charge >= 0.3 is 0 Å². The molecule has 4 heterocycles. The molecular weight excluding hydrogens is 791 g/mol. The molecule has 6 aromatic carbocycles. The zero-order valence-corrected chi connectivity index (χ0v) is 35.7. The van der Waals surface area contributed by atoms with Crippen molar-refractivity contribution in [1.82, 2.24) is 24.3 Å². The number of aromatic nitrogens is 2. The van der Waals surface area contributed by atoms with Gasteiger partial charge in [-0.1, -0.05) is 60.7 Å². The van der Waals surface area contributed by atoms with E-state index < -0.39 is 0 Å². The number of nitrogens with zero attached hydrogens (tertiary/aromatic N) is 8. The SMILES string of the molecule is CN(C)CCn1c(O)c2cc3c(c4cccc(c1=O)c24)=Nc1ccccc1C3=NCCNCCN=C1c2ccccc2N=c2c1cc1c(O)n(CCN(C)C)c(=O)c3cccc2c13. The quantitative estimate of drug-likeness (QED) is 0.145. The molecule has 0 unspecified atom stereocenters. The minimum Gasteiger partial charge on any atom is -0.494 e. The molecule has 13 nitrogen and oxygen atoms in total. The van der Waals surface area contributed by atoms with E-state index in [0.717, 1.165) is 66.5 Å². The van der Waals surface area contributed by atoms with Crippen LogP contribution in [0.3, 0.4) is 0 Å². The van der Waals surface area contributed by atoms with Crippen molar-refractivity contribution >= 4 is 65.9 Å². The van der Waals surface area contributed by atoms with Gasteiger partial charge in [0.15, 0.2) is 0 Å². The molecular formula is C50H47N9O4. The average Bonchev–Trinajstić information content (AvgIpc) is 3.28. The Morgan fingerprint density at radius 2 is 0.952 bits per heavy atom. The largest absolute Gasteiger partial charge is 0.494 e. The Labute approximate surface area is 362 Å². The van der Waals surface area contributed by atoms with Gasteiger partial charge in [0.2, 0.25) is 11.8 Å². The molecule has 2 aliphatic rings. The first-order valence-corrected chi connectivity index (χ1v) is 21.3. The minimum atomic E-state index is -0.226. The number of hydrogen-bond donors (Lipinski definition) is 3. The fraction of sp³-hybridized carbons (Fsp3) is 0.240. The van der Waals surface area contributed by atoms with Crippen molar-refractivity contribution in [2.45, 2.75) is 13.1 Å². The molecule has 0 fully saturated rings. The first-order valence-electron chi connectivity index (χ1n) is 21.3. The van der Waals surface area contributed by atoms with E-state index in [-0.39, 0.29) is 22.9 Å². The first kappa shape index (κ1) is 40.0. The summed E-state index contributed by atoms with van der Waals surface area (Å²) in [6, 6.07) is 31.1. The Morgan fingerprint density at radius 3 is 1.38 bits per heavy atom. The third kappa shape index (κ3) is 6.76. The van der Waals surface area contributed by atoms with Gasteiger partial charge in [-0.25, -0.2) is 9.98 Å². The molecule has 0 bridgehead atoms. The topological polar surface area (TPSA) is 152 Å². The van der Waals surface area contributed by atoms with Crippen LogP contribution >= 0.6 is 0 Å². The molecule has 0 radical (unpaired) electrons. The highest BCUT2D eigenvalue weighted by atomic mass is 16.3. The predicted molar refractivity (Wildman–Crippen MR) is 251 cm³/mol. The Balaban J connectivity index is 0.958. The normalized spacial score (nSPS) is 14.5. The van der Waals surface area contributed by atoms with E-state index in [0.29, 0.717) is 84.7 Å². The molecule has 8 aromatic rings. The zero-order valence-electron chi connectivity index (χ0n) is 35.7. The lowest BCUT2D eigenvalue weighted by molar-refractivity contribution is 0.353. The molecule has 63 heavy (non-hydrogen) atoms. The van der Waals surface area contributed by atoms with Gasteiger partial charge in [-0.2, -0.15) is 0 Å². The van der Waals surface area contributed by atoms with Gasteiger partial charge in [0, 0.05) is 105 Å². The van der Waals surface area contributed by atoms with Crippen LogP contribution in [0.2, 0.25) is 0 Å². The van der Waals surface area contributed by atoms with E-state index in [9.17, 15) is 19.8 Å². The summed E-state index contributed by atoms with van der Waals surface area (Å²) in [5.41, 5.74) is 6.13. The summed E-state index contributed by atoms with van der Waals surface area (Å²) in [6.07, 6.45) is 0. The van der Waals surface area contributed by atoms with E-state index in [1.54, 1.807) is 0 Å². The summed E-state index contributed by atoms with van der Waals surface area (Å²) in [6.45, 7) is 3.99.